The van der Waals surface area contributed by atoms with Gasteiger partial charge in [-0.3, -0.25) is 4.72 Å². The van der Waals surface area contributed by atoms with Crippen molar-refractivity contribution in [3.63, 3.8) is 0 Å². The van der Waals surface area contributed by atoms with E-state index >= 15 is 0 Å². The maximum atomic E-state index is 12.5. The van der Waals surface area contributed by atoms with Crippen LogP contribution in [0.15, 0.2) is 52.3 Å². The van der Waals surface area contributed by atoms with Gasteiger partial charge in [-0.2, -0.15) is 0 Å². The molecular formula is C16H18Cl2N2O4S2. The van der Waals surface area contributed by atoms with Crippen molar-refractivity contribution in [1.29, 1.82) is 0 Å². The van der Waals surface area contributed by atoms with Gasteiger partial charge in [0.2, 0.25) is 10.0 Å². The highest BCUT2D eigenvalue weighted by atomic mass is 35.5. The van der Waals surface area contributed by atoms with Crippen molar-refractivity contribution in [1.82, 2.24) is 4.72 Å². The molecule has 0 radical (unpaired) electrons. The molecule has 2 aromatic carbocycles. The molecule has 10 heteroatoms. The van der Waals surface area contributed by atoms with E-state index in [1.807, 2.05) is 0 Å². The lowest BCUT2D eigenvalue weighted by atomic mass is 10.1. The summed E-state index contributed by atoms with van der Waals surface area (Å²) in [5.74, 6) is 0. The lowest BCUT2D eigenvalue weighted by molar-refractivity contribution is 0.491. The summed E-state index contributed by atoms with van der Waals surface area (Å²) < 4.78 is 54.7. The van der Waals surface area contributed by atoms with Crippen LogP contribution in [0.5, 0.6) is 0 Å². The SMILES string of the molecule is CC(C)(C)NS(=O)(=O)c1cccc(NS(=O)(=O)c2cccc(Cl)c2Cl)c1. The van der Waals surface area contributed by atoms with Crippen LogP contribution >= 0.6 is 23.2 Å². The van der Waals surface area contributed by atoms with E-state index in [0.29, 0.717) is 0 Å². The number of anilines is 1. The van der Waals surface area contributed by atoms with Crippen LogP contribution in [0.25, 0.3) is 0 Å². The number of halogens is 2. The minimum Gasteiger partial charge on any atom is -0.280 e. The first-order valence-corrected chi connectivity index (χ1v) is 11.1. The average molecular weight is 437 g/mol. The minimum atomic E-state index is -4.05. The van der Waals surface area contributed by atoms with Gasteiger partial charge in [-0.25, -0.2) is 21.6 Å². The Hall–Kier alpha value is -1.32. The fourth-order valence-corrected chi connectivity index (χ4v) is 5.37. The Bertz CT molecular complexity index is 1030. The van der Waals surface area contributed by atoms with Crippen molar-refractivity contribution >= 4 is 48.9 Å². The van der Waals surface area contributed by atoms with Gasteiger partial charge in [0, 0.05) is 5.54 Å². The Balaban J connectivity index is 2.38. The number of hydrogen-bond acceptors (Lipinski definition) is 4. The van der Waals surface area contributed by atoms with Crippen molar-refractivity contribution in [2.75, 3.05) is 4.72 Å². The lowest BCUT2D eigenvalue weighted by Crippen LogP contribution is -2.40. The normalized spacial score (nSPS) is 12.8. The van der Waals surface area contributed by atoms with Crippen LogP contribution in [0.3, 0.4) is 0 Å². The van der Waals surface area contributed by atoms with E-state index in [0.717, 1.165) is 0 Å². The van der Waals surface area contributed by atoms with Gasteiger partial charge in [0.05, 0.1) is 20.6 Å². The number of hydrogen-bond donors (Lipinski definition) is 2. The summed E-state index contributed by atoms with van der Waals surface area (Å²) in [4.78, 5) is -0.266. The summed E-state index contributed by atoms with van der Waals surface area (Å²) in [5.41, 5.74) is -0.597. The Morgan fingerprint density at radius 3 is 2.12 bits per heavy atom. The van der Waals surface area contributed by atoms with Gasteiger partial charge in [-0.15, -0.1) is 0 Å². The molecule has 0 atom stereocenters. The summed E-state index contributed by atoms with van der Waals surface area (Å²) in [6, 6.07) is 9.70. The first-order chi connectivity index (χ1) is 11.8. The molecule has 0 amide bonds. The van der Waals surface area contributed by atoms with Gasteiger partial charge in [-0.05, 0) is 51.1 Å². The smallest absolute Gasteiger partial charge is 0.263 e. The van der Waals surface area contributed by atoms with Gasteiger partial charge < -0.3 is 0 Å². The van der Waals surface area contributed by atoms with E-state index in [-0.39, 0.29) is 25.5 Å². The van der Waals surface area contributed by atoms with Crippen molar-refractivity contribution in [3.8, 4) is 0 Å². The molecule has 0 unspecified atom stereocenters. The molecule has 0 bridgehead atoms. The van der Waals surface area contributed by atoms with Gasteiger partial charge in [0.25, 0.3) is 10.0 Å². The highest BCUT2D eigenvalue weighted by molar-refractivity contribution is 7.93. The Labute approximate surface area is 163 Å². The van der Waals surface area contributed by atoms with E-state index in [9.17, 15) is 16.8 Å². The molecule has 0 saturated carbocycles. The third-order valence-corrected chi connectivity index (χ3v) is 7.15. The predicted octanol–water partition coefficient (Wildman–Crippen LogP) is 3.87. The van der Waals surface area contributed by atoms with E-state index < -0.39 is 25.6 Å². The molecule has 2 N–H and O–H groups in total. The second kappa shape index (κ2) is 7.36. The first kappa shape index (κ1) is 21.0. The molecule has 6 nitrogen and oxygen atoms in total. The van der Waals surface area contributed by atoms with Gasteiger partial charge >= 0.3 is 0 Å². The van der Waals surface area contributed by atoms with Crippen LogP contribution in [-0.2, 0) is 20.0 Å². The highest BCUT2D eigenvalue weighted by Gasteiger charge is 2.24. The summed E-state index contributed by atoms with van der Waals surface area (Å²) in [5, 5.41) is -0.0138. The molecule has 0 aliphatic carbocycles. The molecule has 2 aromatic rings. The fraction of sp³-hybridized carbons (Fsp3) is 0.250. The molecular weight excluding hydrogens is 419 g/mol. The molecule has 0 spiro atoms. The molecule has 26 heavy (non-hydrogen) atoms. The molecule has 0 saturated heterocycles. The van der Waals surface area contributed by atoms with Crippen LogP contribution in [0.2, 0.25) is 10.0 Å². The zero-order valence-corrected chi connectivity index (χ0v) is 17.4. The largest absolute Gasteiger partial charge is 0.280 e. The Kier molecular flexibility index (Phi) is 5.94. The van der Waals surface area contributed by atoms with Crippen LogP contribution in [0.4, 0.5) is 5.69 Å². The Morgan fingerprint density at radius 1 is 0.885 bits per heavy atom. The summed E-state index contributed by atoms with van der Waals surface area (Å²) in [7, 11) is -7.85. The number of nitrogens with one attached hydrogen (secondary N) is 2. The van der Waals surface area contributed by atoms with Crippen LogP contribution in [-0.4, -0.2) is 22.4 Å². The zero-order valence-electron chi connectivity index (χ0n) is 14.2. The van der Waals surface area contributed by atoms with Crippen LogP contribution in [0, 0.1) is 0 Å². The molecule has 0 aromatic heterocycles. The van der Waals surface area contributed by atoms with Crippen molar-refractivity contribution in [2.45, 2.75) is 36.1 Å². The molecule has 0 fully saturated rings. The first-order valence-electron chi connectivity index (χ1n) is 7.43. The quantitative estimate of drug-likeness (QED) is 0.743. The molecule has 142 valence electrons. The third-order valence-electron chi connectivity index (χ3n) is 3.04. The monoisotopic (exact) mass is 436 g/mol. The second-order valence-electron chi connectivity index (χ2n) is 6.54. The molecule has 0 aliphatic rings. The molecule has 0 heterocycles. The highest BCUT2D eigenvalue weighted by Crippen LogP contribution is 2.30. The van der Waals surface area contributed by atoms with E-state index in [2.05, 4.69) is 9.44 Å². The number of benzene rings is 2. The van der Waals surface area contributed by atoms with Crippen LogP contribution in [0.1, 0.15) is 20.8 Å². The average Bonchev–Trinajstić information content (AvgIpc) is 2.47. The topological polar surface area (TPSA) is 92.3 Å². The lowest BCUT2D eigenvalue weighted by Gasteiger charge is -2.20. The van der Waals surface area contributed by atoms with Gasteiger partial charge in [0.15, 0.2) is 0 Å². The van der Waals surface area contributed by atoms with Gasteiger partial charge in [0.1, 0.15) is 4.90 Å². The van der Waals surface area contributed by atoms with E-state index in [4.69, 9.17) is 23.2 Å². The maximum absolute atomic E-state index is 12.5. The standard InChI is InChI=1S/C16H18Cl2N2O4S2/c1-16(2,3)20-25(21,22)12-7-4-6-11(10-12)19-26(23,24)14-9-5-8-13(17)15(14)18/h4-10,19-20H,1-3H3. The fourth-order valence-electron chi connectivity index (χ4n) is 2.09. The molecule has 2 rings (SSSR count). The van der Waals surface area contributed by atoms with Crippen molar-refractivity contribution in [3.05, 3.63) is 52.5 Å². The summed E-state index contributed by atoms with van der Waals surface area (Å²) >= 11 is 11.8. The summed E-state index contributed by atoms with van der Waals surface area (Å²) in [6.45, 7) is 5.12. The van der Waals surface area contributed by atoms with E-state index in [1.54, 1.807) is 20.8 Å². The van der Waals surface area contributed by atoms with Crippen LogP contribution < -0.4 is 9.44 Å². The van der Waals surface area contributed by atoms with Crippen molar-refractivity contribution < 1.29 is 16.8 Å². The van der Waals surface area contributed by atoms with Crippen molar-refractivity contribution in [2.24, 2.45) is 0 Å². The summed E-state index contributed by atoms with van der Waals surface area (Å²) in [6.07, 6.45) is 0. The maximum Gasteiger partial charge on any atom is 0.263 e. The second-order valence-corrected chi connectivity index (χ2v) is 10.7. The number of rotatable bonds is 5. The van der Waals surface area contributed by atoms with E-state index in [1.165, 1.54) is 42.5 Å². The van der Waals surface area contributed by atoms with Gasteiger partial charge in [-0.1, -0.05) is 35.3 Å². The number of sulfonamides is 2. The predicted molar refractivity (Wildman–Crippen MR) is 104 cm³/mol. The molecule has 0 aliphatic heterocycles. The minimum absolute atomic E-state index is 0.0650. The Morgan fingerprint density at radius 2 is 1.50 bits per heavy atom. The zero-order chi connectivity index (χ0) is 19.8. The third kappa shape index (κ3) is 5.11.